The van der Waals surface area contributed by atoms with E-state index in [-0.39, 0.29) is 0 Å². The van der Waals surface area contributed by atoms with Gasteiger partial charge in [-0.1, -0.05) is 13.3 Å². The van der Waals surface area contributed by atoms with Gasteiger partial charge in [0.1, 0.15) is 12.2 Å². The van der Waals surface area contributed by atoms with Crippen molar-refractivity contribution in [3.05, 3.63) is 12.2 Å². The molecule has 0 radical (unpaired) electrons. The first kappa shape index (κ1) is 12.2. The minimum atomic E-state index is 0.591. The predicted octanol–water partition coefficient (Wildman–Crippen LogP) is 1.77. The van der Waals surface area contributed by atoms with Crippen molar-refractivity contribution < 1.29 is 0 Å². The number of aromatic nitrogens is 3. The fourth-order valence-corrected chi connectivity index (χ4v) is 4.13. The number of likely N-dealkylation sites (N-methyl/N-ethyl adjacent to an activating group) is 1. The molecule has 1 N–H and O–H groups in total. The highest BCUT2D eigenvalue weighted by Crippen LogP contribution is 2.49. The molecule has 0 aliphatic heterocycles. The van der Waals surface area contributed by atoms with E-state index in [0.29, 0.717) is 6.04 Å². The summed E-state index contributed by atoms with van der Waals surface area (Å²) in [6.45, 7) is 3.26. The predicted molar refractivity (Wildman–Crippen MR) is 71.1 cm³/mol. The Morgan fingerprint density at radius 1 is 1.44 bits per heavy atom. The van der Waals surface area contributed by atoms with Crippen molar-refractivity contribution in [3.8, 4) is 0 Å². The minimum absolute atomic E-state index is 0.591. The van der Waals surface area contributed by atoms with Crippen LogP contribution in [0.15, 0.2) is 6.33 Å². The molecule has 3 rings (SSSR count). The zero-order valence-corrected chi connectivity index (χ0v) is 11.5. The molecule has 4 heteroatoms. The van der Waals surface area contributed by atoms with E-state index < -0.39 is 0 Å². The number of rotatable bonds is 5. The minimum Gasteiger partial charge on any atom is -0.314 e. The van der Waals surface area contributed by atoms with Gasteiger partial charge in [-0.25, -0.2) is 4.98 Å². The molecule has 2 fully saturated rings. The van der Waals surface area contributed by atoms with Gasteiger partial charge >= 0.3 is 0 Å². The van der Waals surface area contributed by atoms with Crippen LogP contribution in [0, 0.1) is 17.8 Å². The Balaban J connectivity index is 1.70. The smallest absolute Gasteiger partial charge is 0.138 e. The molecule has 100 valence electrons. The van der Waals surface area contributed by atoms with E-state index in [0.717, 1.165) is 36.5 Å². The second-order valence-electron chi connectivity index (χ2n) is 6.01. The number of nitrogens with one attached hydrogen (secondary N) is 1. The summed E-state index contributed by atoms with van der Waals surface area (Å²) < 4.78 is 1.91. The normalized spacial score (nSPS) is 32.0. The summed E-state index contributed by atoms with van der Waals surface area (Å²) in [7, 11) is 1.99. The van der Waals surface area contributed by atoms with Crippen LogP contribution in [0.25, 0.3) is 0 Å². The number of aryl methyl sites for hydroxylation is 1. The van der Waals surface area contributed by atoms with Crippen molar-refractivity contribution in [2.24, 2.45) is 24.8 Å². The lowest BCUT2D eigenvalue weighted by Gasteiger charge is -2.30. The Morgan fingerprint density at radius 3 is 2.89 bits per heavy atom. The van der Waals surface area contributed by atoms with E-state index in [1.54, 1.807) is 6.33 Å². The lowest BCUT2D eigenvalue weighted by atomic mass is 9.82. The molecule has 0 aromatic carbocycles. The van der Waals surface area contributed by atoms with Crippen molar-refractivity contribution in [2.75, 3.05) is 6.54 Å². The molecule has 0 amide bonds. The third-order valence-corrected chi connectivity index (χ3v) is 4.98. The van der Waals surface area contributed by atoms with Crippen LogP contribution in [0.2, 0.25) is 0 Å². The topological polar surface area (TPSA) is 42.7 Å². The van der Waals surface area contributed by atoms with Crippen LogP contribution in [-0.2, 0) is 13.5 Å². The fourth-order valence-electron chi connectivity index (χ4n) is 4.13. The standard InChI is InChI=1S/C14H24N4/c1-3-15-13(8-14-16-9-17-18(14)2)12-7-10-4-5-11(12)6-10/h9-13,15H,3-8H2,1-2H3. The monoisotopic (exact) mass is 248 g/mol. The van der Waals surface area contributed by atoms with Gasteiger partial charge in [0.25, 0.3) is 0 Å². The Bertz CT molecular complexity index is 400. The van der Waals surface area contributed by atoms with Gasteiger partial charge in [0.15, 0.2) is 0 Å². The molecule has 4 atom stereocenters. The summed E-state index contributed by atoms with van der Waals surface area (Å²) in [5.41, 5.74) is 0. The summed E-state index contributed by atoms with van der Waals surface area (Å²) in [4.78, 5) is 4.38. The van der Waals surface area contributed by atoms with Crippen LogP contribution >= 0.6 is 0 Å². The van der Waals surface area contributed by atoms with Crippen LogP contribution in [0.4, 0.5) is 0 Å². The molecule has 0 saturated heterocycles. The molecule has 2 aliphatic carbocycles. The fraction of sp³-hybridized carbons (Fsp3) is 0.857. The maximum Gasteiger partial charge on any atom is 0.138 e. The van der Waals surface area contributed by atoms with E-state index in [2.05, 4.69) is 22.3 Å². The van der Waals surface area contributed by atoms with Gasteiger partial charge in [0.2, 0.25) is 0 Å². The van der Waals surface area contributed by atoms with Gasteiger partial charge in [0.05, 0.1) is 0 Å². The van der Waals surface area contributed by atoms with Crippen LogP contribution < -0.4 is 5.32 Å². The largest absolute Gasteiger partial charge is 0.314 e. The number of hydrogen-bond acceptors (Lipinski definition) is 3. The molecule has 4 unspecified atom stereocenters. The van der Waals surface area contributed by atoms with Crippen molar-refractivity contribution in [2.45, 2.75) is 45.1 Å². The Morgan fingerprint density at radius 2 is 2.33 bits per heavy atom. The van der Waals surface area contributed by atoms with E-state index in [9.17, 15) is 0 Å². The average Bonchev–Trinajstić information content (AvgIpc) is 3.06. The molecule has 2 saturated carbocycles. The third kappa shape index (κ3) is 2.18. The van der Waals surface area contributed by atoms with Gasteiger partial charge in [-0.2, -0.15) is 5.10 Å². The maximum atomic E-state index is 4.38. The van der Waals surface area contributed by atoms with Crippen LogP contribution in [0.1, 0.15) is 38.4 Å². The van der Waals surface area contributed by atoms with Crippen molar-refractivity contribution >= 4 is 0 Å². The Kier molecular flexibility index (Phi) is 3.37. The number of hydrogen-bond donors (Lipinski definition) is 1. The van der Waals surface area contributed by atoms with Crippen LogP contribution in [0.3, 0.4) is 0 Å². The quantitative estimate of drug-likeness (QED) is 0.863. The van der Waals surface area contributed by atoms with Gasteiger partial charge in [0, 0.05) is 19.5 Å². The first-order valence-corrected chi connectivity index (χ1v) is 7.34. The summed E-state index contributed by atoms with van der Waals surface area (Å²) in [6.07, 6.45) is 8.53. The first-order chi connectivity index (χ1) is 8.78. The number of fused-ring (bicyclic) bond motifs is 2. The first-order valence-electron chi connectivity index (χ1n) is 7.34. The second kappa shape index (κ2) is 5.00. The molecule has 2 bridgehead atoms. The molecule has 2 aliphatic rings. The van der Waals surface area contributed by atoms with E-state index in [4.69, 9.17) is 0 Å². The van der Waals surface area contributed by atoms with Crippen molar-refractivity contribution in [3.63, 3.8) is 0 Å². The van der Waals surface area contributed by atoms with Gasteiger partial charge in [-0.3, -0.25) is 4.68 Å². The second-order valence-corrected chi connectivity index (χ2v) is 6.01. The van der Waals surface area contributed by atoms with Crippen LogP contribution in [-0.4, -0.2) is 27.4 Å². The van der Waals surface area contributed by atoms with Crippen molar-refractivity contribution in [1.82, 2.24) is 20.1 Å². The maximum absolute atomic E-state index is 4.38. The average molecular weight is 248 g/mol. The molecule has 1 aromatic rings. The SMILES string of the molecule is CCNC(Cc1ncnn1C)C1CC2CCC1C2. The highest BCUT2D eigenvalue weighted by Gasteiger charge is 2.42. The highest BCUT2D eigenvalue weighted by atomic mass is 15.3. The zero-order valence-electron chi connectivity index (χ0n) is 11.5. The summed E-state index contributed by atoms with van der Waals surface area (Å²) in [6, 6.07) is 0.591. The summed E-state index contributed by atoms with van der Waals surface area (Å²) in [5, 5.41) is 7.88. The molecular weight excluding hydrogens is 224 g/mol. The highest BCUT2D eigenvalue weighted by molar-refractivity contribution is 4.99. The Labute approximate surface area is 109 Å². The third-order valence-electron chi connectivity index (χ3n) is 4.98. The Hall–Kier alpha value is -0.900. The molecular formula is C14H24N4. The summed E-state index contributed by atoms with van der Waals surface area (Å²) >= 11 is 0. The zero-order chi connectivity index (χ0) is 12.5. The molecule has 4 nitrogen and oxygen atoms in total. The van der Waals surface area contributed by atoms with E-state index >= 15 is 0 Å². The van der Waals surface area contributed by atoms with E-state index in [1.165, 1.54) is 25.7 Å². The molecule has 1 heterocycles. The molecule has 1 aromatic heterocycles. The molecule has 0 spiro atoms. The van der Waals surface area contributed by atoms with Crippen molar-refractivity contribution in [1.29, 1.82) is 0 Å². The van der Waals surface area contributed by atoms with Gasteiger partial charge in [-0.15, -0.1) is 0 Å². The lowest BCUT2D eigenvalue weighted by Crippen LogP contribution is -2.41. The van der Waals surface area contributed by atoms with Gasteiger partial charge in [-0.05, 0) is 43.6 Å². The van der Waals surface area contributed by atoms with E-state index in [1.807, 2.05) is 11.7 Å². The van der Waals surface area contributed by atoms with Crippen LogP contribution in [0.5, 0.6) is 0 Å². The molecule has 18 heavy (non-hydrogen) atoms. The lowest BCUT2D eigenvalue weighted by molar-refractivity contribution is 0.245. The summed E-state index contributed by atoms with van der Waals surface area (Å²) in [5.74, 6) is 3.96. The number of nitrogens with zero attached hydrogens (tertiary/aromatic N) is 3. The van der Waals surface area contributed by atoms with Gasteiger partial charge < -0.3 is 5.32 Å².